The summed E-state index contributed by atoms with van der Waals surface area (Å²) in [5, 5.41) is 16.3. The fourth-order valence-electron chi connectivity index (χ4n) is 3.17. The highest BCUT2D eigenvalue weighted by Crippen LogP contribution is 2.26. The number of rotatable bonds is 5. The van der Waals surface area contributed by atoms with Crippen LogP contribution in [0.5, 0.6) is 5.75 Å². The molecule has 2 aromatic rings. The summed E-state index contributed by atoms with van der Waals surface area (Å²) in [5.74, 6) is -0.688. The lowest BCUT2D eigenvalue weighted by molar-refractivity contribution is -0.141. The number of nitrogens with zero attached hydrogens (tertiary/aromatic N) is 2. The summed E-state index contributed by atoms with van der Waals surface area (Å²) >= 11 is 0. The molecule has 0 bridgehead atoms. The first-order chi connectivity index (χ1) is 12.0. The number of methoxy groups -OCH3 is 1. The maximum Gasteiger partial charge on any atom is 0.306 e. The number of carboxylic acid groups (broad SMARTS) is 1. The van der Waals surface area contributed by atoms with Crippen molar-refractivity contribution in [1.29, 1.82) is 0 Å². The van der Waals surface area contributed by atoms with E-state index in [1.165, 1.54) is 0 Å². The smallest absolute Gasteiger partial charge is 0.306 e. The number of carboxylic acids is 1. The van der Waals surface area contributed by atoms with E-state index in [1.807, 2.05) is 31.2 Å². The third-order valence-electron chi connectivity index (χ3n) is 4.55. The summed E-state index contributed by atoms with van der Waals surface area (Å²) in [6, 6.07) is 9.02. The van der Waals surface area contributed by atoms with Crippen molar-refractivity contribution in [3.05, 3.63) is 41.7 Å². The predicted molar refractivity (Wildman–Crippen MR) is 91.1 cm³/mol. The number of carbonyl (C=O) groups is 2. The Morgan fingerprint density at radius 1 is 1.28 bits per heavy atom. The van der Waals surface area contributed by atoms with Gasteiger partial charge in [-0.3, -0.25) is 9.59 Å². The fraction of sp³-hybridized carbons (Fsp3) is 0.389. The number of hydrogen-bond acceptors (Lipinski definition) is 4. The number of aromatic nitrogens is 2. The first-order valence-electron chi connectivity index (χ1n) is 8.22. The van der Waals surface area contributed by atoms with Crippen LogP contribution < -0.4 is 10.1 Å². The van der Waals surface area contributed by atoms with E-state index in [0.29, 0.717) is 25.0 Å². The van der Waals surface area contributed by atoms with Crippen LogP contribution in [0.2, 0.25) is 0 Å². The zero-order valence-electron chi connectivity index (χ0n) is 14.2. The van der Waals surface area contributed by atoms with Gasteiger partial charge in [-0.25, -0.2) is 4.68 Å². The van der Waals surface area contributed by atoms with Crippen molar-refractivity contribution in [2.75, 3.05) is 7.11 Å². The first kappa shape index (κ1) is 17.0. The number of hydrogen-bond donors (Lipinski definition) is 2. The van der Waals surface area contributed by atoms with Crippen molar-refractivity contribution in [2.45, 2.75) is 32.2 Å². The predicted octanol–water partition coefficient (Wildman–Crippen LogP) is 2.17. The first-order valence-corrected chi connectivity index (χ1v) is 8.22. The zero-order valence-corrected chi connectivity index (χ0v) is 14.2. The van der Waals surface area contributed by atoms with Crippen LogP contribution in [-0.4, -0.2) is 39.9 Å². The second kappa shape index (κ2) is 6.96. The molecule has 0 aliphatic heterocycles. The molecule has 2 atom stereocenters. The summed E-state index contributed by atoms with van der Waals surface area (Å²) < 4.78 is 6.84. The van der Waals surface area contributed by atoms with Crippen LogP contribution in [-0.2, 0) is 4.79 Å². The second-order valence-electron chi connectivity index (χ2n) is 6.30. The lowest BCUT2D eigenvalue weighted by atomic mass is 10.1. The molecule has 2 N–H and O–H groups in total. The molecule has 1 amide bonds. The van der Waals surface area contributed by atoms with Gasteiger partial charge in [0.2, 0.25) is 0 Å². The van der Waals surface area contributed by atoms with Gasteiger partial charge in [0.1, 0.15) is 5.75 Å². The quantitative estimate of drug-likeness (QED) is 0.868. The Hall–Kier alpha value is -2.83. The summed E-state index contributed by atoms with van der Waals surface area (Å²) in [6.07, 6.45) is 1.75. The highest BCUT2D eigenvalue weighted by Gasteiger charge is 2.31. The van der Waals surface area contributed by atoms with Gasteiger partial charge in [-0.2, -0.15) is 5.10 Å². The number of ether oxygens (including phenoxy) is 1. The van der Waals surface area contributed by atoms with E-state index in [2.05, 4.69) is 10.4 Å². The Morgan fingerprint density at radius 2 is 2.00 bits per heavy atom. The molecule has 1 fully saturated rings. The van der Waals surface area contributed by atoms with Crippen LogP contribution in [0.15, 0.2) is 30.3 Å². The Bertz CT molecular complexity index is 782. The zero-order chi connectivity index (χ0) is 18.0. The number of benzene rings is 1. The van der Waals surface area contributed by atoms with Crippen LogP contribution in [0, 0.1) is 12.8 Å². The van der Waals surface area contributed by atoms with Crippen LogP contribution in [0.25, 0.3) is 5.69 Å². The molecule has 0 unspecified atom stereocenters. The van der Waals surface area contributed by atoms with Crippen molar-refractivity contribution < 1.29 is 19.4 Å². The largest absolute Gasteiger partial charge is 0.497 e. The molecule has 0 saturated heterocycles. The Labute approximate surface area is 145 Å². The maximum absolute atomic E-state index is 12.4. The number of carbonyl (C=O) groups excluding carboxylic acids is 1. The van der Waals surface area contributed by atoms with Crippen LogP contribution >= 0.6 is 0 Å². The van der Waals surface area contributed by atoms with Crippen LogP contribution in [0.3, 0.4) is 0 Å². The maximum atomic E-state index is 12.4. The van der Waals surface area contributed by atoms with E-state index in [9.17, 15) is 9.59 Å². The van der Waals surface area contributed by atoms with Gasteiger partial charge in [-0.05, 0) is 56.5 Å². The highest BCUT2D eigenvalue weighted by molar-refractivity contribution is 5.92. The summed E-state index contributed by atoms with van der Waals surface area (Å²) in [4.78, 5) is 23.4. The molecule has 25 heavy (non-hydrogen) atoms. The van der Waals surface area contributed by atoms with Gasteiger partial charge in [0.05, 0.1) is 18.7 Å². The average molecular weight is 343 g/mol. The summed E-state index contributed by atoms with van der Waals surface area (Å²) in [6.45, 7) is 1.88. The Morgan fingerprint density at radius 3 is 2.60 bits per heavy atom. The van der Waals surface area contributed by atoms with Crippen molar-refractivity contribution in [2.24, 2.45) is 5.92 Å². The van der Waals surface area contributed by atoms with Crippen LogP contribution in [0.1, 0.15) is 35.4 Å². The number of amides is 1. The molecule has 7 nitrogen and oxygen atoms in total. The summed E-state index contributed by atoms with van der Waals surface area (Å²) in [5.41, 5.74) is 2.00. The monoisotopic (exact) mass is 343 g/mol. The van der Waals surface area contributed by atoms with Gasteiger partial charge in [0, 0.05) is 11.7 Å². The fourth-order valence-corrected chi connectivity index (χ4v) is 3.17. The molecule has 0 spiro atoms. The number of aryl methyl sites for hydroxylation is 1. The van der Waals surface area contributed by atoms with E-state index in [-0.39, 0.29) is 17.9 Å². The molecule has 0 radical (unpaired) electrons. The third kappa shape index (κ3) is 3.65. The standard InChI is InChI=1S/C18H21N3O4/c1-11-9-16(17(22)19-13-4-3-12(10-13)18(23)24)20-21(11)14-5-7-15(25-2)8-6-14/h5-9,12-13H,3-4,10H2,1-2H3,(H,19,22)(H,23,24)/t12-,13+/m0/s1. The lowest BCUT2D eigenvalue weighted by Crippen LogP contribution is -2.33. The lowest BCUT2D eigenvalue weighted by Gasteiger charge is -2.11. The second-order valence-corrected chi connectivity index (χ2v) is 6.30. The van der Waals surface area contributed by atoms with Crippen molar-refractivity contribution in [1.82, 2.24) is 15.1 Å². The van der Waals surface area contributed by atoms with E-state index < -0.39 is 5.97 Å². The van der Waals surface area contributed by atoms with E-state index in [0.717, 1.165) is 17.1 Å². The molecule has 3 rings (SSSR count). The molecular formula is C18H21N3O4. The topological polar surface area (TPSA) is 93.5 Å². The van der Waals surface area contributed by atoms with E-state index >= 15 is 0 Å². The number of nitrogens with one attached hydrogen (secondary N) is 1. The molecule has 7 heteroatoms. The van der Waals surface area contributed by atoms with Gasteiger partial charge in [-0.1, -0.05) is 0 Å². The molecule has 1 aromatic carbocycles. The molecular weight excluding hydrogens is 322 g/mol. The third-order valence-corrected chi connectivity index (χ3v) is 4.55. The van der Waals surface area contributed by atoms with Crippen molar-refractivity contribution in [3.63, 3.8) is 0 Å². The van der Waals surface area contributed by atoms with E-state index in [1.54, 1.807) is 17.9 Å². The Kier molecular flexibility index (Phi) is 4.74. The molecule has 1 aromatic heterocycles. The van der Waals surface area contributed by atoms with Gasteiger partial charge < -0.3 is 15.2 Å². The van der Waals surface area contributed by atoms with Crippen molar-refractivity contribution >= 4 is 11.9 Å². The van der Waals surface area contributed by atoms with Crippen molar-refractivity contribution in [3.8, 4) is 11.4 Å². The minimum atomic E-state index is -0.795. The van der Waals surface area contributed by atoms with Gasteiger partial charge in [0.25, 0.3) is 5.91 Å². The number of aliphatic carboxylic acids is 1. The van der Waals surface area contributed by atoms with Gasteiger partial charge in [-0.15, -0.1) is 0 Å². The minimum Gasteiger partial charge on any atom is -0.497 e. The minimum absolute atomic E-state index is 0.111. The van der Waals surface area contributed by atoms with Gasteiger partial charge >= 0.3 is 5.97 Å². The average Bonchev–Trinajstić information content (AvgIpc) is 3.22. The summed E-state index contributed by atoms with van der Waals surface area (Å²) in [7, 11) is 1.61. The molecule has 1 heterocycles. The van der Waals surface area contributed by atoms with Crippen LogP contribution in [0.4, 0.5) is 0 Å². The molecule has 132 valence electrons. The highest BCUT2D eigenvalue weighted by atomic mass is 16.5. The molecule has 1 aliphatic rings. The van der Waals surface area contributed by atoms with Gasteiger partial charge in [0.15, 0.2) is 5.69 Å². The van der Waals surface area contributed by atoms with E-state index in [4.69, 9.17) is 9.84 Å². The normalized spacial score (nSPS) is 19.6. The SMILES string of the molecule is COc1ccc(-n2nc(C(=O)N[C@@H]3CC[C@H](C(=O)O)C3)cc2C)cc1. The molecule has 1 saturated carbocycles. The molecule has 1 aliphatic carbocycles. The Balaban J connectivity index is 1.71.